The van der Waals surface area contributed by atoms with Crippen LogP contribution >= 0.6 is 15.9 Å². The van der Waals surface area contributed by atoms with Crippen LogP contribution in [0.4, 0.5) is 0 Å². The third-order valence-electron chi connectivity index (χ3n) is 4.10. The van der Waals surface area contributed by atoms with E-state index >= 15 is 0 Å². The fourth-order valence-corrected chi connectivity index (χ4v) is 3.29. The van der Waals surface area contributed by atoms with Crippen molar-refractivity contribution in [3.05, 3.63) is 22.2 Å². The van der Waals surface area contributed by atoms with E-state index in [-0.39, 0.29) is 12.5 Å². The average molecular weight is 385 g/mol. The van der Waals surface area contributed by atoms with Gasteiger partial charge >= 0.3 is 0 Å². The molecule has 1 aromatic rings. The molecule has 0 aliphatic carbocycles. The molecule has 1 amide bonds. The highest BCUT2D eigenvalue weighted by Gasteiger charge is 2.22. The molecule has 2 aliphatic heterocycles. The summed E-state index contributed by atoms with van der Waals surface area (Å²) in [5, 5.41) is 0. The first-order chi connectivity index (χ1) is 11.2. The molecule has 0 unspecified atom stereocenters. The molecule has 0 spiro atoms. The molecular formula is C16H21BrN2O4. The number of benzene rings is 1. The van der Waals surface area contributed by atoms with Crippen LogP contribution in [0.3, 0.4) is 0 Å². The molecule has 6 nitrogen and oxygen atoms in total. The summed E-state index contributed by atoms with van der Waals surface area (Å²) in [6, 6.07) is 4.02. The topological polar surface area (TPSA) is 51.2 Å². The van der Waals surface area contributed by atoms with E-state index in [1.165, 1.54) is 5.56 Å². The Labute approximate surface area is 144 Å². The van der Waals surface area contributed by atoms with Crippen molar-refractivity contribution in [2.75, 3.05) is 53.1 Å². The number of piperazine rings is 1. The summed E-state index contributed by atoms with van der Waals surface area (Å²) in [5.41, 5.74) is 1.17. The standard InChI is InChI=1S/C16H21BrN2O4/c1-21-11-16(20)19-4-2-18(3-5-19)10-12-8-14-15(9-13(12)17)23-7-6-22-14/h8-9H,2-7,10-11H2,1H3. The van der Waals surface area contributed by atoms with Crippen molar-refractivity contribution in [3.63, 3.8) is 0 Å². The van der Waals surface area contributed by atoms with Gasteiger partial charge in [-0.25, -0.2) is 0 Å². The van der Waals surface area contributed by atoms with Crippen molar-refractivity contribution < 1.29 is 19.0 Å². The van der Waals surface area contributed by atoms with Crippen LogP contribution in [0.15, 0.2) is 16.6 Å². The van der Waals surface area contributed by atoms with Gasteiger partial charge < -0.3 is 19.1 Å². The molecule has 2 aliphatic rings. The number of rotatable bonds is 4. The summed E-state index contributed by atoms with van der Waals surface area (Å²) >= 11 is 3.61. The van der Waals surface area contributed by atoms with Gasteiger partial charge in [0.2, 0.25) is 5.91 Å². The highest BCUT2D eigenvalue weighted by Crippen LogP contribution is 2.36. The summed E-state index contributed by atoms with van der Waals surface area (Å²) in [6.45, 7) is 5.36. The Kier molecular flexibility index (Phi) is 5.40. The summed E-state index contributed by atoms with van der Waals surface area (Å²) in [4.78, 5) is 16.0. The Bertz CT molecular complexity index is 573. The minimum atomic E-state index is 0.0626. The highest BCUT2D eigenvalue weighted by molar-refractivity contribution is 9.10. The van der Waals surface area contributed by atoms with Gasteiger partial charge in [0.05, 0.1) is 0 Å². The van der Waals surface area contributed by atoms with E-state index in [2.05, 4.69) is 20.8 Å². The van der Waals surface area contributed by atoms with E-state index in [9.17, 15) is 4.79 Å². The lowest BCUT2D eigenvalue weighted by Crippen LogP contribution is -2.49. The Morgan fingerprint density at radius 2 is 1.83 bits per heavy atom. The second-order valence-electron chi connectivity index (χ2n) is 5.68. The second-order valence-corrected chi connectivity index (χ2v) is 6.53. The lowest BCUT2D eigenvalue weighted by molar-refractivity contribution is -0.136. The second kappa shape index (κ2) is 7.51. The number of methoxy groups -OCH3 is 1. The lowest BCUT2D eigenvalue weighted by Gasteiger charge is -2.35. The molecule has 23 heavy (non-hydrogen) atoms. The van der Waals surface area contributed by atoms with Crippen LogP contribution in [0.25, 0.3) is 0 Å². The Balaban J connectivity index is 1.59. The van der Waals surface area contributed by atoms with Gasteiger partial charge in [-0.05, 0) is 17.7 Å². The average Bonchev–Trinajstić information content (AvgIpc) is 2.56. The number of hydrogen-bond donors (Lipinski definition) is 0. The largest absolute Gasteiger partial charge is 0.486 e. The minimum absolute atomic E-state index is 0.0626. The molecule has 1 aromatic carbocycles. The maximum absolute atomic E-state index is 11.8. The summed E-state index contributed by atoms with van der Waals surface area (Å²) in [6.07, 6.45) is 0. The quantitative estimate of drug-likeness (QED) is 0.787. The zero-order valence-corrected chi connectivity index (χ0v) is 14.8. The zero-order valence-electron chi connectivity index (χ0n) is 13.2. The van der Waals surface area contributed by atoms with Crippen molar-refractivity contribution in [2.24, 2.45) is 0 Å². The number of amides is 1. The van der Waals surface area contributed by atoms with Gasteiger partial charge in [-0.15, -0.1) is 0 Å². The van der Waals surface area contributed by atoms with Gasteiger partial charge in [-0.2, -0.15) is 0 Å². The predicted octanol–water partition coefficient (Wildman–Crippen LogP) is 1.51. The number of carbonyl (C=O) groups excluding carboxylic acids is 1. The molecule has 1 saturated heterocycles. The molecule has 3 rings (SSSR count). The van der Waals surface area contributed by atoms with Crippen LogP contribution in [0.5, 0.6) is 11.5 Å². The summed E-state index contributed by atoms with van der Waals surface area (Å²) in [7, 11) is 1.55. The molecule has 7 heteroatoms. The number of hydrogen-bond acceptors (Lipinski definition) is 5. The summed E-state index contributed by atoms with van der Waals surface area (Å²) in [5.74, 6) is 1.66. The molecular weight excluding hydrogens is 364 g/mol. The first kappa shape index (κ1) is 16.5. The Hall–Kier alpha value is -1.31. The number of ether oxygens (including phenoxy) is 3. The van der Waals surface area contributed by atoms with Crippen molar-refractivity contribution in [1.29, 1.82) is 0 Å². The number of carbonyl (C=O) groups is 1. The molecule has 0 aromatic heterocycles. The molecule has 0 N–H and O–H groups in total. The Morgan fingerprint density at radius 3 is 2.48 bits per heavy atom. The van der Waals surface area contributed by atoms with Crippen LogP contribution in [-0.2, 0) is 16.1 Å². The normalized spacial score (nSPS) is 18.1. The highest BCUT2D eigenvalue weighted by atomic mass is 79.9. The van der Waals surface area contributed by atoms with Gasteiger partial charge in [-0.3, -0.25) is 9.69 Å². The first-order valence-corrected chi connectivity index (χ1v) is 8.54. The van der Waals surface area contributed by atoms with E-state index in [0.29, 0.717) is 13.2 Å². The zero-order chi connectivity index (χ0) is 16.2. The van der Waals surface area contributed by atoms with Crippen LogP contribution < -0.4 is 9.47 Å². The molecule has 0 radical (unpaired) electrons. The van der Waals surface area contributed by atoms with Gasteiger partial charge in [0.25, 0.3) is 0 Å². The molecule has 1 fully saturated rings. The van der Waals surface area contributed by atoms with E-state index in [4.69, 9.17) is 14.2 Å². The molecule has 0 atom stereocenters. The number of halogens is 1. The van der Waals surface area contributed by atoms with E-state index in [1.54, 1.807) is 7.11 Å². The van der Waals surface area contributed by atoms with Gasteiger partial charge in [-0.1, -0.05) is 15.9 Å². The minimum Gasteiger partial charge on any atom is -0.486 e. The van der Waals surface area contributed by atoms with Crippen molar-refractivity contribution in [2.45, 2.75) is 6.54 Å². The maximum Gasteiger partial charge on any atom is 0.248 e. The third kappa shape index (κ3) is 3.97. The fraction of sp³-hybridized carbons (Fsp3) is 0.562. The van der Waals surface area contributed by atoms with Crippen LogP contribution in [0, 0.1) is 0 Å². The van der Waals surface area contributed by atoms with Gasteiger partial charge in [0.1, 0.15) is 19.8 Å². The van der Waals surface area contributed by atoms with Crippen molar-refractivity contribution in [3.8, 4) is 11.5 Å². The molecule has 0 saturated carbocycles. The molecule has 2 heterocycles. The van der Waals surface area contributed by atoms with Crippen molar-refractivity contribution in [1.82, 2.24) is 9.80 Å². The third-order valence-corrected chi connectivity index (χ3v) is 4.84. The van der Waals surface area contributed by atoms with E-state index < -0.39 is 0 Å². The van der Waals surface area contributed by atoms with Crippen LogP contribution in [-0.4, -0.2) is 68.8 Å². The lowest BCUT2D eigenvalue weighted by atomic mass is 10.1. The van der Waals surface area contributed by atoms with Gasteiger partial charge in [0.15, 0.2) is 11.5 Å². The van der Waals surface area contributed by atoms with Gasteiger partial charge in [0, 0.05) is 44.3 Å². The van der Waals surface area contributed by atoms with Crippen LogP contribution in [0.1, 0.15) is 5.56 Å². The number of fused-ring (bicyclic) bond motifs is 1. The monoisotopic (exact) mass is 384 g/mol. The Morgan fingerprint density at radius 1 is 1.17 bits per heavy atom. The van der Waals surface area contributed by atoms with E-state index in [1.807, 2.05) is 17.0 Å². The molecule has 0 bridgehead atoms. The number of nitrogens with zero attached hydrogens (tertiary/aromatic N) is 2. The van der Waals surface area contributed by atoms with Crippen LogP contribution in [0.2, 0.25) is 0 Å². The van der Waals surface area contributed by atoms with E-state index in [0.717, 1.165) is 48.7 Å². The smallest absolute Gasteiger partial charge is 0.248 e. The van der Waals surface area contributed by atoms with Crippen molar-refractivity contribution >= 4 is 21.8 Å². The SMILES string of the molecule is COCC(=O)N1CCN(Cc2cc3c(cc2Br)OCCO3)CC1. The summed E-state index contributed by atoms with van der Waals surface area (Å²) < 4.78 is 17.2. The fourth-order valence-electron chi connectivity index (χ4n) is 2.84. The predicted molar refractivity (Wildman–Crippen MR) is 88.9 cm³/mol. The maximum atomic E-state index is 11.8. The first-order valence-electron chi connectivity index (χ1n) is 7.74. The molecule has 126 valence electrons.